The van der Waals surface area contributed by atoms with Gasteiger partial charge < -0.3 is 14.8 Å². The van der Waals surface area contributed by atoms with Crippen molar-refractivity contribution in [3.63, 3.8) is 0 Å². The fourth-order valence-corrected chi connectivity index (χ4v) is 2.52. The third-order valence-corrected chi connectivity index (χ3v) is 3.71. The van der Waals surface area contributed by atoms with Gasteiger partial charge in [0.2, 0.25) is 5.91 Å². The third kappa shape index (κ3) is 5.47. The molecule has 0 saturated carbocycles. The van der Waals surface area contributed by atoms with Gasteiger partial charge in [0, 0.05) is 6.42 Å². The van der Waals surface area contributed by atoms with Gasteiger partial charge >= 0.3 is 0 Å². The number of aryl methyl sites for hydroxylation is 1. The number of hydrogen-bond donors (Lipinski definition) is 1. The van der Waals surface area contributed by atoms with Crippen molar-refractivity contribution in [2.45, 2.75) is 12.8 Å². The lowest BCUT2D eigenvalue weighted by Gasteiger charge is -2.08. The van der Waals surface area contributed by atoms with E-state index in [9.17, 15) is 4.79 Å². The normalized spacial score (nSPS) is 10.1. The van der Waals surface area contributed by atoms with Crippen LogP contribution < -0.4 is 14.8 Å². The smallest absolute Gasteiger partial charge is 0.220 e. The summed E-state index contributed by atoms with van der Waals surface area (Å²) in [4.78, 5) is 11.7. The number of hydrogen-bond acceptors (Lipinski definition) is 4. The van der Waals surface area contributed by atoms with Gasteiger partial charge in [0.25, 0.3) is 0 Å². The Hall–Kier alpha value is -2.01. The van der Waals surface area contributed by atoms with Crippen molar-refractivity contribution in [2.75, 3.05) is 20.3 Å². The number of methoxy groups -OCH3 is 1. The van der Waals surface area contributed by atoms with Crippen molar-refractivity contribution in [1.29, 1.82) is 0 Å². The Labute approximate surface area is 128 Å². The van der Waals surface area contributed by atoms with Gasteiger partial charge in [0.1, 0.15) is 18.1 Å². The van der Waals surface area contributed by atoms with Crippen LogP contribution in [0.2, 0.25) is 0 Å². The van der Waals surface area contributed by atoms with Crippen LogP contribution in [-0.4, -0.2) is 26.2 Å². The average molecular weight is 305 g/mol. The van der Waals surface area contributed by atoms with Crippen molar-refractivity contribution in [3.8, 4) is 11.5 Å². The summed E-state index contributed by atoms with van der Waals surface area (Å²) in [5, 5.41) is 6.95. The standard InChI is InChI=1S/C16H19NO3S/c1-19-14-3-5-15(6-4-14)20-10-9-17-16(18)7-2-13-8-11-21-12-13/h3-6,8,11-12H,2,7,9-10H2,1H3,(H,17,18). The molecule has 0 saturated heterocycles. The predicted molar refractivity (Wildman–Crippen MR) is 84.1 cm³/mol. The predicted octanol–water partition coefficient (Wildman–Crippen LogP) is 2.88. The van der Waals surface area contributed by atoms with Crippen LogP contribution in [0.25, 0.3) is 0 Å². The molecule has 0 aliphatic heterocycles. The summed E-state index contributed by atoms with van der Waals surface area (Å²) >= 11 is 1.65. The summed E-state index contributed by atoms with van der Waals surface area (Å²) < 4.78 is 10.6. The summed E-state index contributed by atoms with van der Waals surface area (Å²) in [6.07, 6.45) is 1.30. The summed E-state index contributed by atoms with van der Waals surface area (Å²) in [6.45, 7) is 0.963. The van der Waals surface area contributed by atoms with Gasteiger partial charge in [-0.25, -0.2) is 0 Å². The minimum Gasteiger partial charge on any atom is -0.497 e. The molecule has 112 valence electrons. The number of rotatable bonds is 8. The molecule has 1 heterocycles. The number of carbonyl (C=O) groups excluding carboxylic acids is 1. The molecular weight excluding hydrogens is 286 g/mol. The monoisotopic (exact) mass is 305 g/mol. The van der Waals surface area contributed by atoms with Crippen LogP contribution in [0.1, 0.15) is 12.0 Å². The summed E-state index contributed by atoms with van der Waals surface area (Å²) in [5.74, 6) is 1.62. The molecular formula is C16H19NO3S. The van der Waals surface area contributed by atoms with Crippen LogP contribution in [0.3, 0.4) is 0 Å². The molecule has 2 aromatic rings. The van der Waals surface area contributed by atoms with Crippen molar-refractivity contribution in [1.82, 2.24) is 5.32 Å². The van der Waals surface area contributed by atoms with E-state index in [2.05, 4.69) is 10.7 Å². The number of ether oxygens (including phenoxy) is 2. The van der Waals surface area contributed by atoms with Crippen LogP contribution in [0.4, 0.5) is 0 Å². The van der Waals surface area contributed by atoms with Crippen LogP contribution in [0, 0.1) is 0 Å². The Morgan fingerprint density at radius 2 is 1.95 bits per heavy atom. The zero-order valence-corrected chi connectivity index (χ0v) is 12.8. The van der Waals surface area contributed by atoms with E-state index in [0.29, 0.717) is 19.6 Å². The lowest BCUT2D eigenvalue weighted by atomic mass is 10.2. The highest BCUT2D eigenvalue weighted by Crippen LogP contribution is 2.16. The maximum Gasteiger partial charge on any atom is 0.220 e. The molecule has 0 aliphatic carbocycles. The summed E-state index contributed by atoms with van der Waals surface area (Å²) in [6, 6.07) is 9.42. The highest BCUT2D eigenvalue weighted by atomic mass is 32.1. The molecule has 21 heavy (non-hydrogen) atoms. The maximum atomic E-state index is 11.7. The van der Waals surface area contributed by atoms with Crippen molar-refractivity contribution in [2.24, 2.45) is 0 Å². The minimum absolute atomic E-state index is 0.0551. The second-order valence-electron chi connectivity index (χ2n) is 4.51. The van der Waals surface area contributed by atoms with Gasteiger partial charge in [-0.3, -0.25) is 4.79 Å². The van der Waals surface area contributed by atoms with Crippen molar-refractivity contribution in [3.05, 3.63) is 46.7 Å². The van der Waals surface area contributed by atoms with E-state index in [1.54, 1.807) is 18.4 Å². The van der Waals surface area contributed by atoms with E-state index >= 15 is 0 Å². The SMILES string of the molecule is COc1ccc(OCCNC(=O)CCc2ccsc2)cc1. The largest absolute Gasteiger partial charge is 0.497 e. The molecule has 0 fully saturated rings. The molecule has 0 aliphatic rings. The molecule has 0 atom stereocenters. The van der Waals surface area contributed by atoms with E-state index in [4.69, 9.17) is 9.47 Å². The summed E-state index contributed by atoms with van der Waals surface area (Å²) in [5.41, 5.74) is 1.21. The van der Waals surface area contributed by atoms with Gasteiger partial charge in [-0.05, 0) is 53.1 Å². The van der Waals surface area contributed by atoms with Gasteiger partial charge in [-0.1, -0.05) is 0 Å². The second kappa shape index (κ2) is 8.32. The molecule has 5 heteroatoms. The quantitative estimate of drug-likeness (QED) is 0.763. The number of nitrogens with one attached hydrogen (secondary N) is 1. The molecule has 0 radical (unpaired) electrons. The first kappa shape index (κ1) is 15.4. The average Bonchev–Trinajstić information content (AvgIpc) is 3.03. The molecule has 0 unspecified atom stereocenters. The Morgan fingerprint density at radius 3 is 2.62 bits per heavy atom. The number of benzene rings is 1. The second-order valence-corrected chi connectivity index (χ2v) is 5.29. The summed E-state index contributed by atoms with van der Waals surface area (Å²) in [7, 11) is 1.63. The number of amides is 1. The fraction of sp³-hybridized carbons (Fsp3) is 0.312. The topological polar surface area (TPSA) is 47.6 Å². The van der Waals surface area contributed by atoms with E-state index in [0.717, 1.165) is 17.9 Å². The lowest BCUT2D eigenvalue weighted by Crippen LogP contribution is -2.28. The third-order valence-electron chi connectivity index (χ3n) is 2.97. The first-order valence-corrected chi connectivity index (χ1v) is 7.77. The van der Waals surface area contributed by atoms with Crippen LogP contribution in [0.15, 0.2) is 41.1 Å². The lowest BCUT2D eigenvalue weighted by molar-refractivity contribution is -0.121. The Morgan fingerprint density at radius 1 is 1.19 bits per heavy atom. The first-order valence-electron chi connectivity index (χ1n) is 6.82. The van der Waals surface area contributed by atoms with Gasteiger partial charge in [0.15, 0.2) is 0 Å². The van der Waals surface area contributed by atoms with Crippen LogP contribution in [-0.2, 0) is 11.2 Å². The molecule has 2 rings (SSSR count). The van der Waals surface area contributed by atoms with Crippen molar-refractivity contribution >= 4 is 17.2 Å². The molecule has 4 nitrogen and oxygen atoms in total. The van der Waals surface area contributed by atoms with E-state index in [-0.39, 0.29) is 5.91 Å². The zero-order chi connectivity index (χ0) is 14.9. The minimum atomic E-state index is 0.0551. The van der Waals surface area contributed by atoms with Crippen LogP contribution >= 0.6 is 11.3 Å². The number of thiophene rings is 1. The van der Waals surface area contributed by atoms with Crippen LogP contribution in [0.5, 0.6) is 11.5 Å². The van der Waals surface area contributed by atoms with Gasteiger partial charge in [0.05, 0.1) is 13.7 Å². The van der Waals surface area contributed by atoms with Gasteiger partial charge in [-0.15, -0.1) is 0 Å². The molecule has 1 N–H and O–H groups in total. The Kier molecular flexibility index (Phi) is 6.09. The zero-order valence-electron chi connectivity index (χ0n) is 12.0. The highest BCUT2D eigenvalue weighted by Gasteiger charge is 2.02. The van der Waals surface area contributed by atoms with E-state index in [1.807, 2.05) is 35.7 Å². The highest BCUT2D eigenvalue weighted by molar-refractivity contribution is 7.07. The molecule has 1 aromatic heterocycles. The van der Waals surface area contributed by atoms with Gasteiger partial charge in [-0.2, -0.15) is 11.3 Å². The maximum absolute atomic E-state index is 11.7. The number of carbonyl (C=O) groups is 1. The molecule has 1 amide bonds. The Bertz CT molecular complexity index is 537. The molecule has 1 aromatic carbocycles. The van der Waals surface area contributed by atoms with E-state index in [1.165, 1.54) is 5.56 Å². The van der Waals surface area contributed by atoms with E-state index < -0.39 is 0 Å². The molecule has 0 spiro atoms. The Balaban J connectivity index is 1.59. The van der Waals surface area contributed by atoms with Crippen molar-refractivity contribution < 1.29 is 14.3 Å². The molecule has 0 bridgehead atoms. The fourth-order valence-electron chi connectivity index (χ4n) is 1.81. The first-order chi connectivity index (χ1) is 10.3.